The third kappa shape index (κ3) is 4.74. The zero-order chi connectivity index (χ0) is 22.5. The van der Waals surface area contributed by atoms with E-state index in [2.05, 4.69) is 20.4 Å². The van der Waals surface area contributed by atoms with Crippen molar-refractivity contribution in [3.05, 3.63) is 59.4 Å². The van der Waals surface area contributed by atoms with Gasteiger partial charge in [0.2, 0.25) is 6.29 Å². The number of amides is 2. The lowest BCUT2D eigenvalue weighted by Gasteiger charge is -2.35. The van der Waals surface area contributed by atoms with Crippen LogP contribution >= 0.6 is 0 Å². The van der Waals surface area contributed by atoms with Gasteiger partial charge in [0.05, 0.1) is 5.71 Å². The van der Waals surface area contributed by atoms with Gasteiger partial charge in [-0.25, -0.2) is 14.2 Å². The topological polar surface area (TPSA) is 63.2 Å². The minimum absolute atomic E-state index is 0.0998. The largest absolute Gasteiger partial charge is 0.357 e. The number of rotatable bonds is 7. The quantitative estimate of drug-likeness (QED) is 0.681. The summed E-state index contributed by atoms with van der Waals surface area (Å²) in [5, 5.41) is 6.24. The van der Waals surface area contributed by atoms with Crippen LogP contribution in [0.4, 0.5) is 9.18 Å². The highest BCUT2D eigenvalue weighted by atomic mass is 19.1. The van der Waals surface area contributed by atoms with E-state index in [1.165, 1.54) is 25.3 Å². The second kappa shape index (κ2) is 10.1. The van der Waals surface area contributed by atoms with Gasteiger partial charge in [0.25, 0.3) is 0 Å². The molecule has 0 spiro atoms. The molecule has 1 atom stereocenters. The Labute approximate surface area is 189 Å². The summed E-state index contributed by atoms with van der Waals surface area (Å²) in [6.07, 6.45) is 10.2. The molecule has 3 aliphatic rings. The van der Waals surface area contributed by atoms with Crippen LogP contribution in [0.25, 0.3) is 0 Å². The van der Waals surface area contributed by atoms with Gasteiger partial charge in [-0.3, -0.25) is 4.90 Å². The number of fused-ring (bicyclic) bond motifs is 1. The van der Waals surface area contributed by atoms with E-state index in [0.717, 1.165) is 37.4 Å². The van der Waals surface area contributed by atoms with Crippen LogP contribution in [0.3, 0.4) is 0 Å². The van der Waals surface area contributed by atoms with Crippen LogP contribution in [0, 0.1) is 5.82 Å². The second-order valence-corrected chi connectivity index (χ2v) is 8.38. The van der Waals surface area contributed by atoms with Gasteiger partial charge in [-0.15, -0.1) is 0 Å². The predicted molar refractivity (Wildman–Crippen MR) is 124 cm³/mol. The Morgan fingerprint density at radius 2 is 2.09 bits per heavy atom. The van der Waals surface area contributed by atoms with Gasteiger partial charge in [-0.2, -0.15) is 0 Å². The monoisotopic (exact) mass is 440 g/mol. The van der Waals surface area contributed by atoms with Crippen molar-refractivity contribution < 1.29 is 9.18 Å². The fourth-order valence-corrected chi connectivity index (χ4v) is 4.39. The van der Waals surface area contributed by atoms with Crippen molar-refractivity contribution in [3.8, 4) is 0 Å². The molecule has 0 aromatic heterocycles. The number of aliphatic imine (C=N–C) groups is 1. The zero-order valence-electron chi connectivity index (χ0n) is 19.0. The van der Waals surface area contributed by atoms with Crippen LogP contribution < -0.4 is 10.6 Å². The lowest BCUT2D eigenvalue weighted by atomic mass is 10.0. The van der Waals surface area contributed by atoms with Gasteiger partial charge >= 0.3 is 6.03 Å². The Morgan fingerprint density at radius 3 is 2.84 bits per heavy atom. The normalized spacial score (nSPS) is 19.8. The molecule has 0 radical (unpaired) electrons. The smallest absolute Gasteiger partial charge is 0.317 e. The van der Waals surface area contributed by atoms with E-state index in [1.807, 2.05) is 32.3 Å². The first-order valence-electron chi connectivity index (χ1n) is 11.7. The number of carbonyl (C=O) groups is 1. The molecule has 32 heavy (non-hydrogen) atoms. The van der Waals surface area contributed by atoms with Crippen LogP contribution in [0.15, 0.2) is 47.5 Å². The van der Waals surface area contributed by atoms with Gasteiger partial charge in [0, 0.05) is 50.7 Å². The number of likely N-dealkylation sites (tertiary alicyclic amines) is 1. The average Bonchev–Trinajstić information content (AvgIpc) is 3.25. The highest BCUT2D eigenvalue weighted by Gasteiger charge is 2.30. The Hall–Kier alpha value is -3.03. The molecule has 1 unspecified atom stereocenters. The van der Waals surface area contributed by atoms with E-state index in [4.69, 9.17) is 4.99 Å². The van der Waals surface area contributed by atoms with Gasteiger partial charge in [-0.1, -0.05) is 13.0 Å². The van der Waals surface area contributed by atoms with Crippen LogP contribution in [-0.2, 0) is 6.54 Å². The lowest BCUT2D eigenvalue weighted by molar-refractivity contribution is 0.200. The van der Waals surface area contributed by atoms with E-state index in [-0.39, 0.29) is 18.1 Å². The number of hydrogen-bond donors (Lipinski definition) is 2. The maximum absolute atomic E-state index is 14.7. The molecule has 0 bridgehead atoms. The van der Waals surface area contributed by atoms with Gasteiger partial charge in [0.1, 0.15) is 11.6 Å². The average molecular weight is 441 g/mol. The Balaban J connectivity index is 1.43. The summed E-state index contributed by atoms with van der Waals surface area (Å²) in [5.74, 6) is 0.804. The molecule has 2 N–H and O–H groups in total. The van der Waals surface area contributed by atoms with E-state index in [1.54, 1.807) is 17.0 Å². The van der Waals surface area contributed by atoms with Gasteiger partial charge < -0.3 is 20.4 Å². The van der Waals surface area contributed by atoms with Crippen molar-refractivity contribution in [1.82, 2.24) is 25.3 Å². The van der Waals surface area contributed by atoms with Crippen molar-refractivity contribution in [2.24, 2.45) is 4.99 Å². The minimum atomic E-state index is -0.319. The Morgan fingerprint density at radius 1 is 1.28 bits per heavy atom. The third-order valence-corrected chi connectivity index (χ3v) is 6.14. The lowest BCUT2D eigenvalue weighted by Crippen LogP contribution is -2.40. The summed E-state index contributed by atoms with van der Waals surface area (Å²) >= 11 is 0. The summed E-state index contributed by atoms with van der Waals surface area (Å²) in [5.41, 5.74) is 1.88. The number of carbonyl (C=O) groups excluding carboxylic acids is 1. The molecule has 4 rings (SSSR count). The zero-order valence-corrected chi connectivity index (χ0v) is 19.0. The molecule has 8 heteroatoms. The van der Waals surface area contributed by atoms with E-state index >= 15 is 0 Å². The second-order valence-electron chi connectivity index (χ2n) is 8.38. The first-order valence-corrected chi connectivity index (χ1v) is 11.7. The molecule has 3 aliphatic heterocycles. The van der Waals surface area contributed by atoms with Crippen molar-refractivity contribution in [3.63, 3.8) is 0 Å². The summed E-state index contributed by atoms with van der Waals surface area (Å²) in [4.78, 5) is 23.4. The molecule has 172 valence electrons. The fourth-order valence-electron chi connectivity index (χ4n) is 4.39. The molecule has 1 fully saturated rings. The molecule has 1 saturated heterocycles. The Bertz CT molecular complexity index is 921. The summed E-state index contributed by atoms with van der Waals surface area (Å²) in [7, 11) is 0. The first kappa shape index (κ1) is 22.2. The summed E-state index contributed by atoms with van der Waals surface area (Å²) in [6, 6.07) is 4.83. The summed E-state index contributed by atoms with van der Waals surface area (Å²) in [6.45, 7) is 7.84. The number of nitrogens with one attached hydrogen (secondary N) is 2. The maximum atomic E-state index is 14.7. The molecule has 3 heterocycles. The molecule has 1 aromatic rings. The molecular weight excluding hydrogens is 407 g/mol. The van der Waals surface area contributed by atoms with Crippen molar-refractivity contribution in [2.45, 2.75) is 52.4 Å². The standard InChI is InChI=1S/C24H33FN6O/c1-3-11-29(4-2)24(32)27-16-18-8-9-20(25)19(15-18)21-10-14-31-22(17-26-23(31)28-21)30-12-6-5-7-13-30/h8-10,14-15,17,23,26H,3-7,11-13,16H2,1-2H3,(H,27,32). The first-order chi connectivity index (χ1) is 15.6. The molecule has 0 saturated carbocycles. The highest BCUT2D eigenvalue weighted by Crippen LogP contribution is 2.27. The van der Waals surface area contributed by atoms with Crippen LogP contribution in [0.1, 0.15) is 50.7 Å². The molecule has 2 amide bonds. The van der Waals surface area contributed by atoms with E-state index in [9.17, 15) is 9.18 Å². The van der Waals surface area contributed by atoms with Crippen molar-refractivity contribution >= 4 is 11.7 Å². The molecule has 0 aliphatic carbocycles. The summed E-state index contributed by atoms with van der Waals surface area (Å²) < 4.78 is 14.7. The van der Waals surface area contributed by atoms with Crippen molar-refractivity contribution in [2.75, 3.05) is 26.2 Å². The van der Waals surface area contributed by atoms with Crippen LogP contribution in [0.2, 0.25) is 0 Å². The minimum Gasteiger partial charge on any atom is -0.357 e. The van der Waals surface area contributed by atoms with E-state index < -0.39 is 0 Å². The number of benzene rings is 1. The van der Waals surface area contributed by atoms with Gasteiger partial charge in [-0.05, 0) is 56.4 Å². The number of nitrogens with zero attached hydrogens (tertiary/aromatic N) is 4. The predicted octanol–water partition coefficient (Wildman–Crippen LogP) is 3.56. The maximum Gasteiger partial charge on any atom is 0.317 e. The fraction of sp³-hybridized carbons (Fsp3) is 0.500. The molecule has 1 aromatic carbocycles. The van der Waals surface area contributed by atoms with Crippen molar-refractivity contribution in [1.29, 1.82) is 0 Å². The number of piperidine rings is 1. The molecule has 7 nitrogen and oxygen atoms in total. The number of urea groups is 1. The number of halogens is 1. The SMILES string of the molecule is CCCN(CC)C(=O)NCc1ccc(F)c(C2=NC3NC=C(N4CCCCC4)N3C=C2)c1. The third-order valence-electron chi connectivity index (χ3n) is 6.14. The van der Waals surface area contributed by atoms with E-state index in [0.29, 0.717) is 24.4 Å². The highest BCUT2D eigenvalue weighted by molar-refractivity contribution is 6.09. The Kier molecular flexibility index (Phi) is 6.97. The van der Waals surface area contributed by atoms with Crippen LogP contribution in [-0.4, -0.2) is 58.9 Å². The molecular formula is C24H33FN6O. The van der Waals surface area contributed by atoms with Crippen LogP contribution in [0.5, 0.6) is 0 Å². The number of allylic oxidation sites excluding steroid dienone is 1. The van der Waals surface area contributed by atoms with Gasteiger partial charge in [0.15, 0.2) is 0 Å². The number of hydrogen-bond acceptors (Lipinski definition) is 5.